The van der Waals surface area contributed by atoms with E-state index in [9.17, 15) is 0 Å². The lowest BCUT2D eigenvalue weighted by Crippen LogP contribution is -1.90. The summed E-state index contributed by atoms with van der Waals surface area (Å²) in [6, 6.07) is 7.66. The average molecular weight is 299 g/mol. The van der Waals surface area contributed by atoms with Crippen LogP contribution >= 0.6 is 27.5 Å². The van der Waals surface area contributed by atoms with Crippen molar-refractivity contribution < 1.29 is 4.74 Å². The Morgan fingerprint density at radius 2 is 2.19 bits per heavy atom. The van der Waals surface area contributed by atoms with E-state index in [1.807, 2.05) is 24.3 Å². The van der Waals surface area contributed by atoms with Crippen molar-refractivity contribution in [3.63, 3.8) is 0 Å². The van der Waals surface area contributed by atoms with Gasteiger partial charge in [-0.15, -0.1) is 0 Å². The Labute approximate surface area is 107 Å². The van der Waals surface area contributed by atoms with Crippen LogP contribution in [0.25, 0.3) is 0 Å². The fourth-order valence-electron chi connectivity index (χ4n) is 1.13. The second kappa shape index (κ2) is 4.93. The minimum Gasteiger partial charge on any atom is -0.430 e. The van der Waals surface area contributed by atoms with Gasteiger partial charge in [-0.2, -0.15) is 9.36 Å². The van der Waals surface area contributed by atoms with Crippen LogP contribution < -0.4 is 4.74 Å². The van der Waals surface area contributed by atoms with Crippen molar-refractivity contribution in [3.8, 4) is 10.9 Å². The molecule has 0 aliphatic heterocycles. The highest BCUT2D eigenvalue weighted by Gasteiger charge is 2.09. The van der Waals surface area contributed by atoms with E-state index < -0.39 is 0 Å². The van der Waals surface area contributed by atoms with Gasteiger partial charge in [0.2, 0.25) is 0 Å². The lowest BCUT2D eigenvalue weighted by atomic mass is 10.2. The van der Waals surface area contributed by atoms with Gasteiger partial charge in [0.15, 0.2) is 0 Å². The average Bonchev–Trinajstić information content (AvgIpc) is 2.66. The molecule has 1 aromatic carbocycles. The molecule has 5 heteroatoms. The molecule has 0 aliphatic rings. The van der Waals surface area contributed by atoms with Crippen LogP contribution in [0.5, 0.6) is 10.9 Å². The van der Waals surface area contributed by atoms with E-state index in [2.05, 4.69) is 39.1 Å². The van der Waals surface area contributed by atoms with Crippen molar-refractivity contribution in [1.82, 2.24) is 9.36 Å². The van der Waals surface area contributed by atoms with Crippen LogP contribution in [0.4, 0.5) is 0 Å². The fraction of sp³-hybridized carbons (Fsp3) is 0.273. The Balaban J connectivity index is 2.14. The van der Waals surface area contributed by atoms with Crippen molar-refractivity contribution in [1.29, 1.82) is 0 Å². The first-order chi connectivity index (χ1) is 7.65. The van der Waals surface area contributed by atoms with Gasteiger partial charge in [-0.3, -0.25) is 0 Å². The van der Waals surface area contributed by atoms with Crippen molar-refractivity contribution >= 4 is 27.5 Å². The lowest BCUT2D eigenvalue weighted by Gasteiger charge is -2.00. The predicted octanol–water partition coefficient (Wildman–Crippen LogP) is 4.22. The normalized spacial score (nSPS) is 10.8. The van der Waals surface area contributed by atoms with Gasteiger partial charge in [0.1, 0.15) is 11.6 Å². The van der Waals surface area contributed by atoms with Gasteiger partial charge in [-0.1, -0.05) is 35.8 Å². The molecule has 0 atom stereocenters. The molecule has 84 valence electrons. The third-order valence-corrected chi connectivity index (χ3v) is 3.04. The summed E-state index contributed by atoms with van der Waals surface area (Å²) in [5.74, 6) is 1.92. The SMILES string of the molecule is CC(C)c1nsc(Oc2cccc(Br)c2)n1. The molecule has 16 heavy (non-hydrogen) atoms. The maximum absolute atomic E-state index is 5.60. The standard InChI is InChI=1S/C11H11BrN2OS/c1-7(2)10-13-11(16-14-10)15-9-5-3-4-8(12)6-9/h3-7H,1-2H3. The third-order valence-electron chi connectivity index (χ3n) is 1.94. The molecule has 0 aliphatic carbocycles. The summed E-state index contributed by atoms with van der Waals surface area (Å²) in [5, 5.41) is 0.585. The Hall–Kier alpha value is -0.940. The molecular weight excluding hydrogens is 288 g/mol. The molecule has 0 saturated carbocycles. The van der Waals surface area contributed by atoms with E-state index in [1.165, 1.54) is 11.5 Å². The Bertz CT molecular complexity index is 484. The van der Waals surface area contributed by atoms with Crippen molar-refractivity contribution in [3.05, 3.63) is 34.6 Å². The highest BCUT2D eigenvalue weighted by atomic mass is 79.9. The first-order valence-corrected chi connectivity index (χ1v) is 6.49. The number of aromatic nitrogens is 2. The molecule has 0 bridgehead atoms. The van der Waals surface area contributed by atoms with E-state index >= 15 is 0 Å². The topological polar surface area (TPSA) is 35.0 Å². The smallest absolute Gasteiger partial charge is 0.298 e. The van der Waals surface area contributed by atoms with Gasteiger partial charge in [0.25, 0.3) is 5.19 Å². The molecule has 0 spiro atoms. The molecule has 2 aromatic rings. The minimum atomic E-state index is 0.330. The highest BCUT2D eigenvalue weighted by molar-refractivity contribution is 9.10. The molecule has 0 radical (unpaired) electrons. The largest absolute Gasteiger partial charge is 0.430 e. The van der Waals surface area contributed by atoms with Crippen LogP contribution in [0.3, 0.4) is 0 Å². The van der Waals surface area contributed by atoms with E-state index in [1.54, 1.807) is 0 Å². The first kappa shape index (κ1) is 11.5. The van der Waals surface area contributed by atoms with Crippen LogP contribution in [0.15, 0.2) is 28.7 Å². The zero-order chi connectivity index (χ0) is 11.5. The Morgan fingerprint density at radius 3 is 2.81 bits per heavy atom. The number of nitrogens with zero attached hydrogens (tertiary/aromatic N) is 2. The molecule has 1 aromatic heterocycles. The zero-order valence-electron chi connectivity index (χ0n) is 8.98. The maximum atomic E-state index is 5.60. The molecule has 0 amide bonds. The highest BCUT2D eigenvalue weighted by Crippen LogP contribution is 2.26. The van der Waals surface area contributed by atoms with Crippen molar-refractivity contribution in [2.45, 2.75) is 19.8 Å². The number of rotatable bonds is 3. The van der Waals surface area contributed by atoms with Crippen LogP contribution in [0.2, 0.25) is 0 Å². The maximum Gasteiger partial charge on any atom is 0.298 e. The van der Waals surface area contributed by atoms with Gasteiger partial charge < -0.3 is 4.74 Å². The molecule has 1 heterocycles. The van der Waals surface area contributed by atoms with Crippen LogP contribution in [0, 0.1) is 0 Å². The summed E-state index contributed by atoms with van der Waals surface area (Å²) in [7, 11) is 0. The van der Waals surface area contributed by atoms with Crippen LogP contribution in [-0.4, -0.2) is 9.36 Å². The van der Waals surface area contributed by atoms with Crippen LogP contribution in [-0.2, 0) is 0 Å². The number of hydrogen-bond donors (Lipinski definition) is 0. The Morgan fingerprint density at radius 1 is 1.38 bits per heavy atom. The predicted molar refractivity (Wildman–Crippen MR) is 68.2 cm³/mol. The second-order valence-corrected chi connectivity index (χ2v) is 5.26. The fourth-order valence-corrected chi connectivity index (χ4v) is 2.20. The summed E-state index contributed by atoms with van der Waals surface area (Å²) in [6.07, 6.45) is 0. The molecule has 0 unspecified atom stereocenters. The van der Waals surface area contributed by atoms with Gasteiger partial charge in [-0.05, 0) is 18.2 Å². The molecule has 2 rings (SSSR count). The second-order valence-electron chi connectivity index (χ2n) is 3.63. The molecular formula is C11H11BrN2OS. The first-order valence-electron chi connectivity index (χ1n) is 4.92. The summed E-state index contributed by atoms with van der Waals surface area (Å²) >= 11 is 4.67. The van der Waals surface area contributed by atoms with Crippen LogP contribution in [0.1, 0.15) is 25.6 Å². The van der Waals surface area contributed by atoms with Gasteiger partial charge in [-0.25, -0.2) is 0 Å². The summed E-state index contributed by atoms with van der Waals surface area (Å²) in [4.78, 5) is 4.30. The Kier molecular flexibility index (Phi) is 3.56. The summed E-state index contributed by atoms with van der Waals surface area (Å²) < 4.78 is 10.8. The molecule has 3 nitrogen and oxygen atoms in total. The van der Waals surface area contributed by atoms with Crippen molar-refractivity contribution in [2.75, 3.05) is 0 Å². The quantitative estimate of drug-likeness (QED) is 0.851. The van der Waals surface area contributed by atoms with Gasteiger partial charge in [0.05, 0.1) is 0 Å². The number of benzene rings is 1. The molecule has 0 fully saturated rings. The van der Waals surface area contributed by atoms with E-state index in [0.29, 0.717) is 11.1 Å². The van der Waals surface area contributed by atoms with E-state index in [4.69, 9.17) is 4.74 Å². The third kappa shape index (κ3) is 2.80. The summed E-state index contributed by atoms with van der Waals surface area (Å²) in [5.41, 5.74) is 0. The summed E-state index contributed by atoms with van der Waals surface area (Å²) in [6.45, 7) is 4.12. The molecule has 0 saturated heterocycles. The minimum absolute atomic E-state index is 0.330. The lowest BCUT2D eigenvalue weighted by molar-refractivity contribution is 0.476. The molecule has 0 N–H and O–H groups in total. The van der Waals surface area contributed by atoms with E-state index in [-0.39, 0.29) is 0 Å². The van der Waals surface area contributed by atoms with E-state index in [0.717, 1.165) is 16.0 Å². The zero-order valence-corrected chi connectivity index (χ0v) is 11.4. The van der Waals surface area contributed by atoms with Gasteiger partial charge in [0, 0.05) is 21.9 Å². The number of ether oxygens (including phenoxy) is 1. The van der Waals surface area contributed by atoms with Crippen molar-refractivity contribution in [2.24, 2.45) is 0 Å². The monoisotopic (exact) mass is 298 g/mol. The number of halogens is 1. The van der Waals surface area contributed by atoms with Gasteiger partial charge >= 0.3 is 0 Å². The number of hydrogen-bond acceptors (Lipinski definition) is 4.